The number of hydrogen-bond donors (Lipinski definition) is 4. The maximum absolute atomic E-state index is 13.0. The molecule has 0 saturated carbocycles. The number of nitrogens with two attached hydrogens (primary N) is 1. The Hall–Kier alpha value is -2.20. The van der Waals surface area contributed by atoms with E-state index in [9.17, 15) is 14.7 Å². The van der Waals surface area contributed by atoms with Crippen molar-refractivity contribution in [2.24, 2.45) is 17.6 Å². The van der Waals surface area contributed by atoms with Crippen LogP contribution >= 0.6 is 0 Å². The Labute approximate surface area is 216 Å². The van der Waals surface area contributed by atoms with Crippen molar-refractivity contribution in [1.82, 2.24) is 15.5 Å². The Balaban J connectivity index is 1.84. The van der Waals surface area contributed by atoms with E-state index in [-0.39, 0.29) is 29.7 Å². The van der Waals surface area contributed by atoms with Gasteiger partial charge in [-0.3, -0.25) is 14.5 Å². The number of aliphatic hydroxyl groups is 1. The van der Waals surface area contributed by atoms with Crippen LogP contribution in [-0.4, -0.2) is 86.5 Å². The first-order valence-corrected chi connectivity index (χ1v) is 13.1. The van der Waals surface area contributed by atoms with Gasteiger partial charge < -0.3 is 30.9 Å². The number of para-hydroxylation sites is 1. The van der Waals surface area contributed by atoms with Crippen LogP contribution in [0.25, 0.3) is 0 Å². The molecule has 1 aromatic carbocycles. The standard InChI is InChI=1S/C27H46N4O5/c1-19(2)21(15-24(28)25(33)18-31-12-11-22(17-31)30-20(3)32)16-29-27(34)23-9-5-6-10-26(23)36-14-8-7-13-35-4/h5-6,9-10,19,21-22,24-25,33H,7-8,11-18,28H2,1-4H3,(H,29,34)(H,30,32)/t21-,22+,24+,25+/m1/s1. The molecule has 0 unspecified atom stereocenters. The number of amides is 2. The summed E-state index contributed by atoms with van der Waals surface area (Å²) >= 11 is 0. The van der Waals surface area contributed by atoms with E-state index in [0.29, 0.717) is 44.0 Å². The number of carbonyl (C=O) groups excluding carboxylic acids is 2. The molecule has 4 atom stereocenters. The van der Waals surface area contributed by atoms with Gasteiger partial charge in [0.1, 0.15) is 5.75 Å². The molecule has 2 amide bonds. The Kier molecular flexibility index (Phi) is 13.2. The van der Waals surface area contributed by atoms with E-state index in [2.05, 4.69) is 29.4 Å². The van der Waals surface area contributed by atoms with Gasteiger partial charge in [-0.1, -0.05) is 26.0 Å². The molecule has 1 aromatic rings. The van der Waals surface area contributed by atoms with Gasteiger partial charge >= 0.3 is 0 Å². The van der Waals surface area contributed by atoms with Crippen molar-refractivity contribution in [1.29, 1.82) is 0 Å². The molecule has 0 aromatic heterocycles. The second kappa shape index (κ2) is 15.8. The molecule has 5 N–H and O–H groups in total. The largest absolute Gasteiger partial charge is 0.493 e. The molecule has 1 aliphatic heterocycles. The summed E-state index contributed by atoms with van der Waals surface area (Å²) in [4.78, 5) is 26.4. The molecular formula is C27H46N4O5. The van der Waals surface area contributed by atoms with Crippen molar-refractivity contribution in [2.75, 3.05) is 46.5 Å². The van der Waals surface area contributed by atoms with Gasteiger partial charge in [0, 0.05) is 58.9 Å². The van der Waals surface area contributed by atoms with E-state index in [1.54, 1.807) is 13.2 Å². The third-order valence-corrected chi connectivity index (χ3v) is 6.79. The predicted octanol–water partition coefficient (Wildman–Crippen LogP) is 1.78. The Bertz CT molecular complexity index is 806. The summed E-state index contributed by atoms with van der Waals surface area (Å²) in [5.74, 6) is 0.766. The van der Waals surface area contributed by atoms with Gasteiger partial charge in [0.25, 0.3) is 5.91 Å². The van der Waals surface area contributed by atoms with Crippen LogP contribution in [0.4, 0.5) is 0 Å². The molecule has 9 nitrogen and oxygen atoms in total. The number of ether oxygens (including phenoxy) is 2. The summed E-state index contributed by atoms with van der Waals surface area (Å²) in [6.45, 7) is 9.43. The number of carbonyl (C=O) groups is 2. The quantitative estimate of drug-likeness (QED) is 0.252. The number of benzene rings is 1. The van der Waals surface area contributed by atoms with Crippen molar-refractivity contribution in [2.45, 2.75) is 64.6 Å². The summed E-state index contributed by atoms with van der Waals surface area (Å²) in [6, 6.07) is 6.99. The minimum Gasteiger partial charge on any atom is -0.493 e. The summed E-state index contributed by atoms with van der Waals surface area (Å²) in [6.07, 6.45) is 2.55. The molecule has 0 aliphatic carbocycles. The average molecular weight is 507 g/mol. The third-order valence-electron chi connectivity index (χ3n) is 6.79. The molecule has 36 heavy (non-hydrogen) atoms. The van der Waals surface area contributed by atoms with Crippen LogP contribution in [0.5, 0.6) is 5.75 Å². The van der Waals surface area contributed by atoms with Crippen LogP contribution in [0.3, 0.4) is 0 Å². The Morgan fingerprint density at radius 2 is 1.94 bits per heavy atom. The Morgan fingerprint density at radius 1 is 1.22 bits per heavy atom. The lowest BCUT2D eigenvalue weighted by molar-refractivity contribution is -0.119. The van der Waals surface area contributed by atoms with Crippen molar-refractivity contribution < 1.29 is 24.2 Å². The van der Waals surface area contributed by atoms with Crippen LogP contribution in [0.2, 0.25) is 0 Å². The normalized spacial score (nSPS) is 18.6. The fraction of sp³-hybridized carbons (Fsp3) is 0.704. The topological polar surface area (TPSA) is 126 Å². The van der Waals surface area contributed by atoms with E-state index in [1.165, 1.54) is 6.92 Å². The summed E-state index contributed by atoms with van der Waals surface area (Å²) < 4.78 is 10.9. The van der Waals surface area contributed by atoms with E-state index in [4.69, 9.17) is 15.2 Å². The highest BCUT2D eigenvalue weighted by molar-refractivity contribution is 5.96. The number of unbranched alkanes of at least 4 members (excludes halogenated alkanes) is 1. The highest BCUT2D eigenvalue weighted by Crippen LogP contribution is 2.21. The van der Waals surface area contributed by atoms with Crippen LogP contribution in [-0.2, 0) is 9.53 Å². The highest BCUT2D eigenvalue weighted by atomic mass is 16.5. The lowest BCUT2D eigenvalue weighted by Crippen LogP contribution is -2.46. The second-order valence-corrected chi connectivity index (χ2v) is 10.2. The van der Waals surface area contributed by atoms with Crippen LogP contribution in [0.1, 0.15) is 56.8 Å². The van der Waals surface area contributed by atoms with Crippen LogP contribution < -0.4 is 21.1 Å². The fourth-order valence-electron chi connectivity index (χ4n) is 4.53. The molecule has 1 aliphatic rings. The number of nitrogens with zero attached hydrogens (tertiary/aromatic N) is 1. The summed E-state index contributed by atoms with van der Waals surface area (Å²) in [5, 5.41) is 16.7. The molecular weight excluding hydrogens is 460 g/mol. The van der Waals surface area contributed by atoms with Crippen molar-refractivity contribution in [3.63, 3.8) is 0 Å². The lowest BCUT2D eigenvalue weighted by atomic mass is 9.87. The van der Waals surface area contributed by atoms with Gasteiger partial charge in [0.05, 0.1) is 18.3 Å². The van der Waals surface area contributed by atoms with E-state index >= 15 is 0 Å². The van der Waals surface area contributed by atoms with E-state index in [0.717, 1.165) is 32.4 Å². The van der Waals surface area contributed by atoms with Gasteiger partial charge in [-0.15, -0.1) is 0 Å². The zero-order chi connectivity index (χ0) is 26.5. The van der Waals surface area contributed by atoms with Crippen molar-refractivity contribution >= 4 is 11.8 Å². The first-order chi connectivity index (χ1) is 17.2. The van der Waals surface area contributed by atoms with E-state index in [1.807, 2.05) is 18.2 Å². The molecule has 0 bridgehead atoms. The number of methoxy groups -OCH3 is 1. The minimum atomic E-state index is -0.676. The average Bonchev–Trinajstić information content (AvgIpc) is 3.27. The SMILES string of the molecule is COCCCCOc1ccccc1C(=O)NC[C@@H](C[C@H](N)[C@@H](O)CN1CC[C@H](NC(C)=O)C1)C(C)C. The zero-order valence-electron chi connectivity index (χ0n) is 22.4. The van der Waals surface area contributed by atoms with Gasteiger partial charge in [-0.2, -0.15) is 0 Å². The molecule has 1 fully saturated rings. The second-order valence-electron chi connectivity index (χ2n) is 10.2. The van der Waals surface area contributed by atoms with Crippen LogP contribution in [0.15, 0.2) is 24.3 Å². The number of likely N-dealkylation sites (tertiary alicyclic amines) is 1. The highest BCUT2D eigenvalue weighted by Gasteiger charge is 2.28. The Morgan fingerprint density at radius 3 is 2.64 bits per heavy atom. The monoisotopic (exact) mass is 506 g/mol. The maximum atomic E-state index is 13.0. The molecule has 0 spiro atoms. The first kappa shape index (κ1) is 30.0. The summed E-state index contributed by atoms with van der Waals surface area (Å²) in [7, 11) is 1.68. The number of hydrogen-bond acceptors (Lipinski definition) is 7. The number of rotatable bonds is 16. The molecule has 1 saturated heterocycles. The fourth-order valence-corrected chi connectivity index (χ4v) is 4.53. The maximum Gasteiger partial charge on any atom is 0.255 e. The third kappa shape index (κ3) is 10.4. The minimum absolute atomic E-state index is 0.0304. The predicted molar refractivity (Wildman–Crippen MR) is 141 cm³/mol. The molecule has 204 valence electrons. The number of β-amino-alcohol motifs (C(OH)–C–C–N with tert-alkyl or cyclic N) is 1. The van der Waals surface area contributed by atoms with Gasteiger partial charge in [-0.25, -0.2) is 0 Å². The first-order valence-electron chi connectivity index (χ1n) is 13.1. The van der Waals surface area contributed by atoms with Crippen molar-refractivity contribution in [3.8, 4) is 5.75 Å². The van der Waals surface area contributed by atoms with E-state index < -0.39 is 12.1 Å². The number of aliphatic hydroxyl groups excluding tert-OH is 1. The van der Waals surface area contributed by atoms with Gasteiger partial charge in [0.2, 0.25) is 5.91 Å². The molecule has 1 heterocycles. The van der Waals surface area contributed by atoms with Crippen LogP contribution in [0, 0.1) is 11.8 Å². The smallest absolute Gasteiger partial charge is 0.255 e. The van der Waals surface area contributed by atoms with Gasteiger partial charge in [0.15, 0.2) is 0 Å². The molecule has 2 rings (SSSR count). The lowest BCUT2D eigenvalue weighted by Gasteiger charge is -2.29. The van der Waals surface area contributed by atoms with Gasteiger partial charge in [-0.05, 0) is 49.7 Å². The molecule has 9 heteroatoms. The zero-order valence-corrected chi connectivity index (χ0v) is 22.4. The van der Waals surface area contributed by atoms with Crippen molar-refractivity contribution in [3.05, 3.63) is 29.8 Å². The molecule has 0 radical (unpaired) electrons. The summed E-state index contributed by atoms with van der Waals surface area (Å²) in [5.41, 5.74) is 6.91. The number of nitrogens with one attached hydrogen (secondary N) is 2.